The van der Waals surface area contributed by atoms with Gasteiger partial charge < -0.3 is 4.84 Å². The Morgan fingerprint density at radius 2 is 2.09 bits per heavy atom. The molecule has 0 aliphatic carbocycles. The first-order valence-corrected chi connectivity index (χ1v) is 3.82. The molecule has 0 saturated carbocycles. The van der Waals surface area contributed by atoms with Gasteiger partial charge >= 0.3 is 6.18 Å². The summed E-state index contributed by atoms with van der Waals surface area (Å²) in [7, 11) is 1.09. The standard InChI is InChI=1S/C5H8F3NOS/c1-3-11-4(9-10-2)5(6,7)8/h3H2,1-2H3/b9-4-. The molecular weight excluding hydrogens is 179 g/mol. The van der Waals surface area contributed by atoms with Crippen molar-refractivity contribution in [1.29, 1.82) is 0 Å². The van der Waals surface area contributed by atoms with Crippen molar-refractivity contribution in [3.05, 3.63) is 0 Å². The fourth-order valence-electron chi connectivity index (χ4n) is 0.380. The molecule has 66 valence electrons. The molecule has 0 fully saturated rings. The number of hydrogen-bond donors (Lipinski definition) is 0. The highest BCUT2D eigenvalue weighted by Crippen LogP contribution is 2.24. The van der Waals surface area contributed by atoms with Gasteiger partial charge in [0.1, 0.15) is 7.11 Å². The zero-order valence-corrected chi connectivity index (χ0v) is 6.92. The van der Waals surface area contributed by atoms with E-state index in [2.05, 4.69) is 9.99 Å². The first kappa shape index (κ1) is 10.6. The third-order valence-electron chi connectivity index (χ3n) is 0.698. The highest BCUT2D eigenvalue weighted by molar-refractivity contribution is 8.14. The topological polar surface area (TPSA) is 21.6 Å². The van der Waals surface area contributed by atoms with Crippen molar-refractivity contribution in [2.45, 2.75) is 13.1 Å². The number of hydrogen-bond acceptors (Lipinski definition) is 3. The SMILES string of the molecule is CCS/C(=N\OC)C(F)(F)F. The average Bonchev–Trinajstić information content (AvgIpc) is 1.85. The third kappa shape index (κ3) is 4.13. The predicted octanol–water partition coefficient (Wildman–Crippen LogP) is 2.26. The Balaban J connectivity index is 4.22. The average molecular weight is 187 g/mol. The minimum Gasteiger partial charge on any atom is -0.398 e. The molecule has 0 radical (unpaired) electrons. The van der Waals surface area contributed by atoms with Gasteiger partial charge in [-0.2, -0.15) is 13.2 Å². The molecule has 6 heteroatoms. The van der Waals surface area contributed by atoms with E-state index >= 15 is 0 Å². The quantitative estimate of drug-likeness (QED) is 0.375. The minimum atomic E-state index is -4.39. The van der Waals surface area contributed by atoms with E-state index in [1.807, 2.05) is 0 Å². The number of rotatable bonds is 2. The van der Waals surface area contributed by atoms with Crippen LogP contribution in [0.3, 0.4) is 0 Å². The molecule has 2 nitrogen and oxygen atoms in total. The molecule has 0 aromatic heterocycles. The summed E-state index contributed by atoms with van der Waals surface area (Å²) in [5, 5.41) is 1.90. The lowest BCUT2D eigenvalue weighted by molar-refractivity contribution is -0.0580. The van der Waals surface area contributed by atoms with Crippen molar-refractivity contribution in [2.24, 2.45) is 5.16 Å². The van der Waals surface area contributed by atoms with Gasteiger partial charge in [0.05, 0.1) is 0 Å². The highest BCUT2D eigenvalue weighted by atomic mass is 32.2. The van der Waals surface area contributed by atoms with Crippen LogP contribution in [-0.4, -0.2) is 24.1 Å². The van der Waals surface area contributed by atoms with Crippen LogP contribution in [0.5, 0.6) is 0 Å². The lowest BCUT2D eigenvalue weighted by Crippen LogP contribution is -2.20. The molecule has 0 bridgehead atoms. The van der Waals surface area contributed by atoms with E-state index in [1.54, 1.807) is 6.92 Å². The van der Waals surface area contributed by atoms with Crippen LogP contribution < -0.4 is 0 Å². The first-order valence-electron chi connectivity index (χ1n) is 2.83. The Morgan fingerprint density at radius 1 is 1.55 bits per heavy atom. The second kappa shape index (κ2) is 4.48. The van der Waals surface area contributed by atoms with Crippen LogP contribution >= 0.6 is 11.8 Å². The van der Waals surface area contributed by atoms with E-state index in [9.17, 15) is 13.2 Å². The second-order valence-electron chi connectivity index (χ2n) is 1.51. The van der Waals surface area contributed by atoms with Crippen molar-refractivity contribution in [3.63, 3.8) is 0 Å². The van der Waals surface area contributed by atoms with Gasteiger partial charge in [0, 0.05) is 0 Å². The maximum absolute atomic E-state index is 11.9. The van der Waals surface area contributed by atoms with Gasteiger partial charge in [0.2, 0.25) is 5.04 Å². The Labute approximate surface area is 66.8 Å². The molecule has 0 heterocycles. The summed E-state index contributed by atoms with van der Waals surface area (Å²) in [5.41, 5.74) is 0. The summed E-state index contributed by atoms with van der Waals surface area (Å²) in [6.45, 7) is 1.61. The van der Waals surface area contributed by atoms with E-state index in [1.165, 1.54) is 0 Å². The third-order valence-corrected chi connectivity index (χ3v) is 1.57. The predicted molar refractivity (Wildman–Crippen MR) is 38.6 cm³/mol. The fraction of sp³-hybridized carbons (Fsp3) is 0.800. The van der Waals surface area contributed by atoms with E-state index in [4.69, 9.17) is 0 Å². The number of nitrogens with zero attached hydrogens (tertiary/aromatic N) is 1. The monoisotopic (exact) mass is 187 g/mol. The number of halogens is 3. The van der Waals surface area contributed by atoms with Crippen LogP contribution in [0.2, 0.25) is 0 Å². The number of oxime groups is 1. The Bertz CT molecular complexity index is 145. The van der Waals surface area contributed by atoms with Crippen molar-refractivity contribution in [2.75, 3.05) is 12.9 Å². The van der Waals surface area contributed by atoms with Crippen LogP contribution in [0.25, 0.3) is 0 Å². The van der Waals surface area contributed by atoms with Crippen molar-refractivity contribution >= 4 is 16.8 Å². The molecular formula is C5H8F3NOS. The first-order chi connectivity index (χ1) is 5.02. The largest absolute Gasteiger partial charge is 0.442 e. The maximum Gasteiger partial charge on any atom is 0.442 e. The van der Waals surface area contributed by atoms with Crippen molar-refractivity contribution < 1.29 is 18.0 Å². The molecule has 0 atom stereocenters. The molecule has 0 aromatic carbocycles. The van der Waals surface area contributed by atoms with Gasteiger partial charge in [0.15, 0.2) is 0 Å². The van der Waals surface area contributed by atoms with Gasteiger partial charge in [-0.3, -0.25) is 0 Å². The highest BCUT2D eigenvalue weighted by Gasteiger charge is 2.36. The molecule has 0 rings (SSSR count). The van der Waals surface area contributed by atoms with Crippen molar-refractivity contribution in [1.82, 2.24) is 0 Å². The van der Waals surface area contributed by atoms with Gasteiger partial charge in [0.25, 0.3) is 0 Å². The lowest BCUT2D eigenvalue weighted by Gasteiger charge is -2.06. The van der Waals surface area contributed by atoms with E-state index < -0.39 is 11.2 Å². The van der Waals surface area contributed by atoms with E-state index in [0.717, 1.165) is 7.11 Å². The van der Waals surface area contributed by atoms with Crippen LogP contribution in [-0.2, 0) is 4.84 Å². The summed E-state index contributed by atoms with van der Waals surface area (Å²) in [6.07, 6.45) is -4.39. The van der Waals surface area contributed by atoms with Gasteiger partial charge in [-0.05, 0) is 5.75 Å². The number of thioether (sulfide) groups is 1. The van der Waals surface area contributed by atoms with Crippen LogP contribution in [0.1, 0.15) is 6.92 Å². The van der Waals surface area contributed by atoms with Crippen LogP contribution in [0.15, 0.2) is 5.16 Å². The summed E-state index contributed by atoms with van der Waals surface area (Å²) in [5.74, 6) is 0.321. The normalized spacial score (nSPS) is 13.4. The van der Waals surface area contributed by atoms with Gasteiger partial charge in [-0.25, -0.2) is 0 Å². The summed E-state index contributed by atoms with van der Waals surface area (Å²) in [6, 6.07) is 0. The van der Waals surface area contributed by atoms with Crippen LogP contribution in [0.4, 0.5) is 13.2 Å². The zero-order chi connectivity index (χ0) is 8.91. The second-order valence-corrected chi connectivity index (χ2v) is 2.76. The Morgan fingerprint density at radius 3 is 2.36 bits per heavy atom. The Hall–Kier alpha value is -0.390. The Kier molecular flexibility index (Phi) is 4.32. The van der Waals surface area contributed by atoms with Gasteiger partial charge in [-0.1, -0.05) is 23.8 Å². The molecule has 0 aliphatic rings. The van der Waals surface area contributed by atoms with Gasteiger partial charge in [-0.15, -0.1) is 0 Å². The smallest absolute Gasteiger partial charge is 0.398 e. The summed E-state index contributed by atoms with van der Waals surface area (Å²) in [4.78, 5) is 4.03. The molecule has 11 heavy (non-hydrogen) atoms. The summed E-state index contributed by atoms with van der Waals surface area (Å²) >= 11 is 0.608. The summed E-state index contributed by atoms with van der Waals surface area (Å²) < 4.78 is 35.6. The molecule has 0 spiro atoms. The van der Waals surface area contributed by atoms with Crippen LogP contribution in [0, 0.1) is 0 Å². The fourth-order valence-corrected chi connectivity index (χ4v) is 0.944. The lowest BCUT2D eigenvalue weighted by atomic mass is 10.7. The van der Waals surface area contributed by atoms with Crippen molar-refractivity contribution in [3.8, 4) is 0 Å². The number of alkyl halides is 3. The molecule has 0 saturated heterocycles. The molecule has 0 unspecified atom stereocenters. The molecule has 0 amide bonds. The zero-order valence-electron chi connectivity index (χ0n) is 6.10. The molecule has 0 N–H and O–H groups in total. The molecule has 0 aromatic rings. The van der Waals surface area contributed by atoms with E-state index in [-0.39, 0.29) is 0 Å². The molecule has 0 aliphatic heterocycles. The minimum absolute atomic E-state index is 0.321. The van der Waals surface area contributed by atoms with E-state index in [0.29, 0.717) is 17.5 Å². The maximum atomic E-state index is 11.9.